The molecule has 126 valence electrons. The topological polar surface area (TPSA) is 23.5 Å². The van der Waals surface area contributed by atoms with Crippen LogP contribution in [0.25, 0.3) is 0 Å². The van der Waals surface area contributed by atoms with Gasteiger partial charge in [-0.3, -0.25) is 4.90 Å². The molecule has 4 heteroatoms. The van der Waals surface area contributed by atoms with Crippen molar-refractivity contribution in [3.63, 3.8) is 0 Å². The van der Waals surface area contributed by atoms with E-state index in [2.05, 4.69) is 56.9 Å². The second kappa shape index (κ2) is 9.21. The van der Waals surface area contributed by atoms with E-state index in [1.54, 1.807) is 23.9 Å². The van der Waals surface area contributed by atoms with Gasteiger partial charge >= 0.3 is 0 Å². The molecule has 0 aromatic heterocycles. The first-order valence-corrected chi connectivity index (χ1v) is 8.59. The molecule has 2 nitrogen and oxygen atoms in total. The minimum absolute atomic E-state index is 0. The number of phenolic OH excluding ortho intramolecular Hbond substituents is 1. The maximum atomic E-state index is 9.40. The summed E-state index contributed by atoms with van der Waals surface area (Å²) >= 11 is 1.75. The number of aromatic hydroxyl groups is 1. The van der Waals surface area contributed by atoms with Crippen LogP contribution < -0.4 is 0 Å². The molecule has 0 unspecified atom stereocenters. The predicted molar refractivity (Wildman–Crippen MR) is 102 cm³/mol. The van der Waals surface area contributed by atoms with Gasteiger partial charge in [-0.1, -0.05) is 30.0 Å². The minimum atomic E-state index is 0. The lowest BCUT2D eigenvalue weighted by atomic mass is 10.1. The Labute approximate surface area is 150 Å². The lowest BCUT2D eigenvalue weighted by molar-refractivity contribution is 0.165. The van der Waals surface area contributed by atoms with Crippen LogP contribution in [0.5, 0.6) is 5.75 Å². The van der Waals surface area contributed by atoms with Crippen LogP contribution in [0.2, 0.25) is 0 Å². The molecule has 2 aromatic carbocycles. The predicted octanol–water partition coefficient (Wildman–Crippen LogP) is 5.58. The molecule has 0 spiro atoms. The van der Waals surface area contributed by atoms with Crippen LogP contribution in [-0.2, 0) is 6.54 Å². The van der Waals surface area contributed by atoms with Crippen molar-refractivity contribution < 1.29 is 5.11 Å². The lowest BCUT2D eigenvalue weighted by Gasteiger charge is -2.31. The van der Waals surface area contributed by atoms with Crippen LogP contribution in [0.3, 0.4) is 0 Å². The molecule has 0 aliphatic carbocycles. The minimum Gasteiger partial charge on any atom is -0.508 e. The van der Waals surface area contributed by atoms with E-state index in [0.717, 1.165) is 11.4 Å². The molecule has 0 aliphatic heterocycles. The highest BCUT2D eigenvalue weighted by molar-refractivity contribution is 7.99. The Hall–Kier alpha value is -1.16. The number of halogens is 1. The number of rotatable bonds is 6. The van der Waals surface area contributed by atoms with Crippen LogP contribution in [-0.4, -0.2) is 22.1 Å². The number of benzene rings is 2. The van der Waals surface area contributed by atoms with Gasteiger partial charge in [0.1, 0.15) is 5.75 Å². The van der Waals surface area contributed by atoms with E-state index < -0.39 is 0 Å². The third kappa shape index (κ3) is 5.76. The molecule has 0 heterocycles. The zero-order valence-electron chi connectivity index (χ0n) is 14.2. The number of phenols is 1. The van der Waals surface area contributed by atoms with Crippen molar-refractivity contribution in [2.45, 2.75) is 56.1 Å². The third-order valence-electron chi connectivity index (χ3n) is 3.72. The lowest BCUT2D eigenvalue weighted by Crippen LogP contribution is -2.36. The van der Waals surface area contributed by atoms with Crippen molar-refractivity contribution in [2.75, 3.05) is 0 Å². The Morgan fingerprint density at radius 3 is 2.04 bits per heavy atom. The van der Waals surface area contributed by atoms with Crippen molar-refractivity contribution >= 4 is 24.2 Å². The molecular formula is C19H26ClNOS. The van der Waals surface area contributed by atoms with Gasteiger partial charge < -0.3 is 5.11 Å². The van der Waals surface area contributed by atoms with Gasteiger partial charge in [0.25, 0.3) is 0 Å². The second-order valence-electron chi connectivity index (χ2n) is 6.06. The molecule has 0 saturated carbocycles. The average molecular weight is 352 g/mol. The highest BCUT2D eigenvalue weighted by Gasteiger charge is 2.15. The van der Waals surface area contributed by atoms with E-state index >= 15 is 0 Å². The normalized spacial score (nSPS) is 11.1. The Bertz CT molecular complexity index is 591. The Morgan fingerprint density at radius 2 is 1.48 bits per heavy atom. The van der Waals surface area contributed by atoms with E-state index in [-0.39, 0.29) is 12.4 Å². The van der Waals surface area contributed by atoms with E-state index in [1.807, 2.05) is 12.1 Å². The van der Waals surface area contributed by atoms with Crippen LogP contribution in [0, 0.1) is 0 Å². The first-order chi connectivity index (χ1) is 10.5. The SMILES string of the molecule is CC(C)N(Cc1ccccc1Sc1ccc(O)cc1)C(C)C.Cl. The molecule has 0 bridgehead atoms. The summed E-state index contributed by atoms with van der Waals surface area (Å²) in [4.78, 5) is 4.92. The monoisotopic (exact) mass is 351 g/mol. The Kier molecular flexibility index (Phi) is 7.97. The smallest absolute Gasteiger partial charge is 0.115 e. The first kappa shape index (κ1) is 19.9. The molecule has 2 rings (SSSR count). The van der Waals surface area contributed by atoms with E-state index in [0.29, 0.717) is 17.8 Å². The second-order valence-corrected chi connectivity index (χ2v) is 7.18. The highest BCUT2D eigenvalue weighted by Crippen LogP contribution is 2.32. The Balaban J connectivity index is 0.00000264. The van der Waals surface area contributed by atoms with Gasteiger partial charge in [0.05, 0.1) is 0 Å². The van der Waals surface area contributed by atoms with Crippen LogP contribution in [0.1, 0.15) is 33.3 Å². The molecular weight excluding hydrogens is 326 g/mol. The zero-order chi connectivity index (χ0) is 16.1. The molecule has 0 radical (unpaired) electrons. The number of hydrogen-bond donors (Lipinski definition) is 1. The van der Waals surface area contributed by atoms with Gasteiger partial charge in [-0.25, -0.2) is 0 Å². The maximum absolute atomic E-state index is 9.40. The van der Waals surface area contributed by atoms with Crippen molar-refractivity contribution in [2.24, 2.45) is 0 Å². The van der Waals surface area contributed by atoms with Gasteiger partial charge in [0.15, 0.2) is 0 Å². The summed E-state index contributed by atoms with van der Waals surface area (Å²) in [5, 5.41) is 9.40. The molecule has 0 aliphatic rings. The summed E-state index contributed by atoms with van der Waals surface area (Å²) in [5.74, 6) is 0.309. The fourth-order valence-electron chi connectivity index (χ4n) is 2.53. The fraction of sp³-hybridized carbons (Fsp3) is 0.368. The first-order valence-electron chi connectivity index (χ1n) is 7.78. The van der Waals surface area contributed by atoms with Crippen LogP contribution >= 0.6 is 24.2 Å². The molecule has 1 N–H and O–H groups in total. The fourth-order valence-corrected chi connectivity index (χ4v) is 3.47. The van der Waals surface area contributed by atoms with Crippen molar-refractivity contribution in [1.29, 1.82) is 0 Å². The molecule has 0 fully saturated rings. The van der Waals surface area contributed by atoms with Crippen molar-refractivity contribution in [1.82, 2.24) is 4.90 Å². The van der Waals surface area contributed by atoms with Crippen LogP contribution in [0.4, 0.5) is 0 Å². The molecule has 0 atom stereocenters. The average Bonchev–Trinajstić information content (AvgIpc) is 2.48. The summed E-state index contributed by atoms with van der Waals surface area (Å²) in [6.07, 6.45) is 0. The maximum Gasteiger partial charge on any atom is 0.115 e. The van der Waals surface area contributed by atoms with Crippen molar-refractivity contribution in [3.8, 4) is 5.75 Å². The summed E-state index contributed by atoms with van der Waals surface area (Å²) in [5.41, 5.74) is 1.35. The quantitative estimate of drug-likeness (QED) is 0.734. The van der Waals surface area contributed by atoms with Crippen LogP contribution in [0.15, 0.2) is 58.3 Å². The number of nitrogens with zero attached hydrogens (tertiary/aromatic N) is 1. The van der Waals surface area contributed by atoms with Gasteiger partial charge in [0.2, 0.25) is 0 Å². The summed E-state index contributed by atoms with van der Waals surface area (Å²) in [6, 6.07) is 17.0. The number of hydrogen-bond acceptors (Lipinski definition) is 3. The summed E-state index contributed by atoms with van der Waals surface area (Å²) < 4.78 is 0. The van der Waals surface area contributed by atoms with E-state index in [1.165, 1.54) is 10.5 Å². The highest BCUT2D eigenvalue weighted by atomic mass is 35.5. The molecule has 0 amide bonds. The van der Waals surface area contributed by atoms with Gasteiger partial charge in [0, 0.05) is 28.4 Å². The van der Waals surface area contributed by atoms with E-state index in [4.69, 9.17) is 0 Å². The molecule has 2 aromatic rings. The third-order valence-corrected chi connectivity index (χ3v) is 4.84. The zero-order valence-corrected chi connectivity index (χ0v) is 15.8. The summed E-state index contributed by atoms with van der Waals surface area (Å²) in [6.45, 7) is 9.94. The summed E-state index contributed by atoms with van der Waals surface area (Å²) in [7, 11) is 0. The van der Waals surface area contributed by atoms with Gasteiger partial charge in [-0.15, -0.1) is 12.4 Å². The van der Waals surface area contributed by atoms with E-state index in [9.17, 15) is 5.11 Å². The standard InChI is InChI=1S/C19H25NOS.ClH/c1-14(2)20(15(3)4)13-16-7-5-6-8-19(16)22-18-11-9-17(21)10-12-18;/h5-12,14-15,21H,13H2,1-4H3;1H. The van der Waals surface area contributed by atoms with Crippen molar-refractivity contribution in [3.05, 3.63) is 54.1 Å². The Morgan fingerprint density at radius 1 is 0.913 bits per heavy atom. The van der Waals surface area contributed by atoms with Gasteiger partial charge in [-0.2, -0.15) is 0 Å². The molecule has 23 heavy (non-hydrogen) atoms. The van der Waals surface area contributed by atoms with Gasteiger partial charge in [-0.05, 0) is 63.6 Å². The molecule has 0 saturated heterocycles. The largest absolute Gasteiger partial charge is 0.508 e.